The highest BCUT2D eigenvalue weighted by Gasteiger charge is 2.06. The Hall–Kier alpha value is -2.30. The summed E-state index contributed by atoms with van der Waals surface area (Å²) in [6.45, 7) is 0. The summed E-state index contributed by atoms with van der Waals surface area (Å²) in [6, 6.07) is 4.22. The third kappa shape index (κ3) is 2.84. The minimum atomic E-state index is -0.734. The predicted molar refractivity (Wildman–Crippen MR) is 54.9 cm³/mol. The van der Waals surface area contributed by atoms with E-state index >= 15 is 0 Å². The average molecular weight is 206 g/mol. The van der Waals surface area contributed by atoms with E-state index in [4.69, 9.17) is 11.5 Å². The molecule has 0 spiro atoms. The molecule has 0 radical (unpaired) electrons. The van der Waals surface area contributed by atoms with Crippen LogP contribution in [0.15, 0.2) is 24.3 Å². The Labute approximate surface area is 86.0 Å². The smallest absolute Gasteiger partial charge is 0.252 e. The first-order valence-corrected chi connectivity index (χ1v) is 4.11. The molecule has 5 N–H and O–H groups in total. The van der Waals surface area contributed by atoms with Crippen LogP contribution < -0.4 is 11.5 Å². The van der Waals surface area contributed by atoms with E-state index in [0.717, 1.165) is 6.08 Å². The van der Waals surface area contributed by atoms with Crippen molar-refractivity contribution in [3.05, 3.63) is 35.4 Å². The zero-order valence-electron chi connectivity index (χ0n) is 7.81. The van der Waals surface area contributed by atoms with Crippen molar-refractivity contribution in [1.29, 1.82) is 0 Å². The Morgan fingerprint density at radius 2 is 1.93 bits per heavy atom. The van der Waals surface area contributed by atoms with E-state index < -0.39 is 11.8 Å². The largest absolute Gasteiger partial charge is 0.507 e. The molecule has 0 aliphatic heterocycles. The Balaban J connectivity index is 3.08. The van der Waals surface area contributed by atoms with E-state index in [2.05, 4.69) is 0 Å². The lowest BCUT2D eigenvalue weighted by molar-refractivity contribution is -0.113. The summed E-state index contributed by atoms with van der Waals surface area (Å²) in [5.74, 6) is -1.52. The molecule has 5 nitrogen and oxygen atoms in total. The Bertz CT molecular complexity index is 438. The molecule has 15 heavy (non-hydrogen) atoms. The first kappa shape index (κ1) is 10.8. The Morgan fingerprint density at radius 1 is 1.27 bits per heavy atom. The fraction of sp³-hybridized carbons (Fsp3) is 0. The number of hydrogen-bond acceptors (Lipinski definition) is 3. The van der Waals surface area contributed by atoms with Gasteiger partial charge >= 0.3 is 0 Å². The molecule has 0 aliphatic carbocycles. The molecule has 1 aromatic rings. The maximum atomic E-state index is 10.9. The van der Waals surface area contributed by atoms with Gasteiger partial charge in [-0.05, 0) is 23.8 Å². The van der Waals surface area contributed by atoms with Crippen LogP contribution in [0.3, 0.4) is 0 Å². The van der Waals surface area contributed by atoms with Crippen LogP contribution in [0.5, 0.6) is 5.75 Å². The number of carbonyl (C=O) groups is 2. The van der Waals surface area contributed by atoms with Gasteiger partial charge in [-0.2, -0.15) is 0 Å². The van der Waals surface area contributed by atoms with Crippen LogP contribution in [-0.2, 0) is 4.79 Å². The zero-order valence-corrected chi connectivity index (χ0v) is 7.81. The number of primary amides is 2. The second-order valence-electron chi connectivity index (χ2n) is 2.88. The van der Waals surface area contributed by atoms with Gasteiger partial charge in [0.15, 0.2) is 0 Å². The van der Waals surface area contributed by atoms with Gasteiger partial charge < -0.3 is 16.6 Å². The number of nitrogens with two attached hydrogens (primary N) is 2. The van der Waals surface area contributed by atoms with Crippen molar-refractivity contribution in [3.63, 3.8) is 0 Å². The molecular formula is C10H10N2O3. The molecule has 0 fully saturated rings. The molecule has 0 saturated carbocycles. The van der Waals surface area contributed by atoms with Crippen LogP contribution in [0.25, 0.3) is 6.08 Å². The van der Waals surface area contributed by atoms with Crippen molar-refractivity contribution in [2.24, 2.45) is 11.5 Å². The highest BCUT2D eigenvalue weighted by Crippen LogP contribution is 2.18. The molecule has 1 rings (SSSR count). The van der Waals surface area contributed by atoms with Gasteiger partial charge in [-0.25, -0.2) is 0 Å². The predicted octanol–water partition coefficient (Wildman–Crippen LogP) is -0.0104. The minimum absolute atomic E-state index is 0.00150. The SMILES string of the molecule is NC(=O)C=Cc1ccc(O)c(C(N)=O)c1. The molecule has 0 heterocycles. The zero-order chi connectivity index (χ0) is 11.4. The van der Waals surface area contributed by atoms with Crippen molar-refractivity contribution >= 4 is 17.9 Å². The lowest BCUT2D eigenvalue weighted by atomic mass is 10.1. The van der Waals surface area contributed by atoms with E-state index in [9.17, 15) is 14.7 Å². The summed E-state index contributed by atoms with van der Waals surface area (Å²) in [4.78, 5) is 21.3. The van der Waals surface area contributed by atoms with E-state index in [1.54, 1.807) is 0 Å². The van der Waals surface area contributed by atoms with Crippen molar-refractivity contribution in [1.82, 2.24) is 0 Å². The van der Waals surface area contributed by atoms with Gasteiger partial charge in [0.2, 0.25) is 5.91 Å². The number of aromatic hydroxyl groups is 1. The summed E-state index contributed by atoms with van der Waals surface area (Å²) < 4.78 is 0. The molecule has 5 heteroatoms. The lowest BCUT2D eigenvalue weighted by Gasteiger charge is -2.01. The third-order valence-electron chi connectivity index (χ3n) is 1.73. The van der Waals surface area contributed by atoms with Gasteiger partial charge in [0.25, 0.3) is 5.91 Å². The molecule has 0 unspecified atom stereocenters. The first-order chi connectivity index (χ1) is 7.00. The van der Waals surface area contributed by atoms with Crippen LogP contribution in [0.2, 0.25) is 0 Å². The van der Waals surface area contributed by atoms with Crippen molar-refractivity contribution in [3.8, 4) is 5.75 Å². The summed E-state index contributed by atoms with van der Waals surface area (Å²) in [5.41, 5.74) is 10.5. The number of benzene rings is 1. The number of hydrogen-bond donors (Lipinski definition) is 3. The number of carbonyl (C=O) groups excluding carboxylic acids is 2. The number of rotatable bonds is 3. The minimum Gasteiger partial charge on any atom is -0.507 e. The molecule has 0 saturated heterocycles. The van der Waals surface area contributed by atoms with Crippen molar-refractivity contribution < 1.29 is 14.7 Å². The molecular weight excluding hydrogens is 196 g/mol. The van der Waals surface area contributed by atoms with E-state index in [-0.39, 0.29) is 11.3 Å². The summed E-state index contributed by atoms with van der Waals surface area (Å²) in [7, 11) is 0. The van der Waals surface area contributed by atoms with E-state index in [0.29, 0.717) is 5.56 Å². The Kier molecular flexibility index (Phi) is 3.07. The van der Waals surface area contributed by atoms with Crippen molar-refractivity contribution in [2.45, 2.75) is 0 Å². The van der Waals surface area contributed by atoms with E-state index in [1.807, 2.05) is 0 Å². The van der Waals surface area contributed by atoms with Gasteiger partial charge in [0.1, 0.15) is 5.75 Å². The van der Waals surface area contributed by atoms with Crippen LogP contribution in [0.1, 0.15) is 15.9 Å². The molecule has 1 aromatic carbocycles. The molecule has 0 bridgehead atoms. The second-order valence-corrected chi connectivity index (χ2v) is 2.88. The van der Waals surface area contributed by atoms with Gasteiger partial charge in [-0.3, -0.25) is 9.59 Å². The van der Waals surface area contributed by atoms with Crippen LogP contribution in [0.4, 0.5) is 0 Å². The maximum Gasteiger partial charge on any atom is 0.252 e. The highest BCUT2D eigenvalue weighted by atomic mass is 16.3. The third-order valence-corrected chi connectivity index (χ3v) is 1.73. The number of phenols is 1. The second kappa shape index (κ2) is 4.28. The van der Waals surface area contributed by atoms with Gasteiger partial charge in [-0.1, -0.05) is 6.07 Å². The molecule has 2 amide bonds. The van der Waals surface area contributed by atoms with Crippen LogP contribution in [0, 0.1) is 0 Å². The van der Waals surface area contributed by atoms with Gasteiger partial charge in [0.05, 0.1) is 5.56 Å². The fourth-order valence-corrected chi connectivity index (χ4v) is 1.03. The van der Waals surface area contributed by atoms with Crippen LogP contribution in [-0.4, -0.2) is 16.9 Å². The maximum absolute atomic E-state index is 10.9. The Morgan fingerprint density at radius 3 is 2.47 bits per heavy atom. The standard InChI is InChI=1S/C10H10N2O3/c11-9(14)4-2-6-1-3-8(13)7(5-6)10(12)15/h1-5,13H,(H2,11,14)(H2,12,15). The average Bonchev–Trinajstić information content (AvgIpc) is 2.16. The lowest BCUT2D eigenvalue weighted by Crippen LogP contribution is -2.11. The normalized spacial score (nSPS) is 10.4. The monoisotopic (exact) mass is 206 g/mol. The van der Waals surface area contributed by atoms with Gasteiger partial charge in [-0.15, -0.1) is 0 Å². The summed E-state index contributed by atoms with van der Waals surface area (Å²) >= 11 is 0. The molecule has 78 valence electrons. The van der Waals surface area contributed by atoms with Crippen molar-refractivity contribution in [2.75, 3.05) is 0 Å². The highest BCUT2D eigenvalue weighted by molar-refractivity contribution is 5.96. The first-order valence-electron chi connectivity index (χ1n) is 4.11. The topological polar surface area (TPSA) is 106 Å². The molecule has 0 aliphatic rings. The summed E-state index contributed by atoms with van der Waals surface area (Å²) in [5, 5.41) is 9.27. The quantitative estimate of drug-likeness (QED) is 0.605. The summed E-state index contributed by atoms with van der Waals surface area (Å²) in [6.07, 6.45) is 2.57. The fourth-order valence-electron chi connectivity index (χ4n) is 1.03. The molecule has 0 atom stereocenters. The van der Waals surface area contributed by atoms with Gasteiger partial charge in [0, 0.05) is 6.08 Å². The van der Waals surface area contributed by atoms with E-state index in [1.165, 1.54) is 24.3 Å². The number of amides is 2. The molecule has 0 aromatic heterocycles. The van der Waals surface area contributed by atoms with Crippen LogP contribution >= 0.6 is 0 Å².